The van der Waals surface area contributed by atoms with E-state index in [0.29, 0.717) is 6.04 Å². The fourth-order valence-electron chi connectivity index (χ4n) is 2.53. The Morgan fingerprint density at radius 3 is 2.88 bits per heavy atom. The smallest absolute Gasteiger partial charge is 0.133 e. The molecule has 1 aromatic heterocycles. The minimum atomic E-state index is 0.242. The van der Waals surface area contributed by atoms with Crippen molar-refractivity contribution in [2.45, 2.75) is 45.7 Å². The average Bonchev–Trinajstić information content (AvgIpc) is 2.35. The van der Waals surface area contributed by atoms with E-state index in [9.17, 15) is 5.11 Å². The van der Waals surface area contributed by atoms with Gasteiger partial charge in [0.15, 0.2) is 0 Å². The number of piperidine rings is 1. The molecule has 1 N–H and O–H groups in total. The van der Waals surface area contributed by atoms with Crippen molar-refractivity contribution < 1.29 is 5.11 Å². The van der Waals surface area contributed by atoms with Crippen molar-refractivity contribution in [3.63, 3.8) is 0 Å². The fourth-order valence-corrected chi connectivity index (χ4v) is 2.53. The molecule has 1 aliphatic rings. The van der Waals surface area contributed by atoms with Crippen molar-refractivity contribution in [1.82, 2.24) is 9.88 Å². The van der Waals surface area contributed by atoms with Crippen LogP contribution in [0.3, 0.4) is 0 Å². The molecular formula is C14H22N2O. The van der Waals surface area contributed by atoms with E-state index < -0.39 is 0 Å². The van der Waals surface area contributed by atoms with E-state index in [1.165, 1.54) is 32.0 Å². The fraction of sp³-hybridized carbons (Fsp3) is 0.643. The summed E-state index contributed by atoms with van der Waals surface area (Å²) in [7, 11) is 0. The molecule has 94 valence electrons. The van der Waals surface area contributed by atoms with E-state index in [4.69, 9.17) is 0 Å². The third-order valence-corrected chi connectivity index (χ3v) is 3.86. The Morgan fingerprint density at radius 1 is 1.41 bits per heavy atom. The maximum absolute atomic E-state index is 9.22. The van der Waals surface area contributed by atoms with Gasteiger partial charge in [-0.15, -0.1) is 0 Å². The first kappa shape index (κ1) is 12.4. The van der Waals surface area contributed by atoms with E-state index >= 15 is 0 Å². The Labute approximate surface area is 103 Å². The van der Waals surface area contributed by atoms with E-state index in [1.54, 1.807) is 6.07 Å². The summed E-state index contributed by atoms with van der Waals surface area (Å²) in [6.45, 7) is 6.65. The summed E-state index contributed by atoms with van der Waals surface area (Å²) in [5.41, 5.74) is 1.05. The molecule has 0 bridgehead atoms. The second-order valence-corrected chi connectivity index (χ2v) is 5.14. The summed E-state index contributed by atoms with van der Waals surface area (Å²) in [5.74, 6) is 1.08. The topological polar surface area (TPSA) is 36.4 Å². The number of aromatic nitrogens is 1. The van der Waals surface area contributed by atoms with Crippen molar-refractivity contribution in [2.24, 2.45) is 5.92 Å². The van der Waals surface area contributed by atoms with Gasteiger partial charge < -0.3 is 5.11 Å². The molecule has 1 aromatic rings. The SMILES string of the molecule is CCC1CCC(C)N(Cc2ccc(O)cn2)C1. The van der Waals surface area contributed by atoms with E-state index in [2.05, 4.69) is 23.7 Å². The van der Waals surface area contributed by atoms with Crippen molar-refractivity contribution in [1.29, 1.82) is 0 Å². The van der Waals surface area contributed by atoms with E-state index in [0.717, 1.165) is 18.2 Å². The van der Waals surface area contributed by atoms with E-state index in [-0.39, 0.29) is 5.75 Å². The zero-order chi connectivity index (χ0) is 12.3. The molecule has 2 atom stereocenters. The van der Waals surface area contributed by atoms with Crippen LogP contribution in [0.2, 0.25) is 0 Å². The van der Waals surface area contributed by atoms with Crippen LogP contribution in [-0.4, -0.2) is 27.6 Å². The predicted molar refractivity (Wildman–Crippen MR) is 68.8 cm³/mol. The molecule has 1 fully saturated rings. The zero-order valence-electron chi connectivity index (χ0n) is 10.8. The standard InChI is InChI=1S/C14H22N2O/c1-3-12-5-4-11(2)16(9-12)10-13-6-7-14(17)8-15-13/h6-8,11-12,17H,3-5,9-10H2,1-2H3. The Balaban J connectivity index is 1.98. The number of likely N-dealkylation sites (tertiary alicyclic amines) is 1. The second-order valence-electron chi connectivity index (χ2n) is 5.14. The summed E-state index contributed by atoms with van der Waals surface area (Å²) in [5, 5.41) is 9.22. The van der Waals surface area contributed by atoms with Crippen molar-refractivity contribution >= 4 is 0 Å². The average molecular weight is 234 g/mol. The molecule has 1 aliphatic heterocycles. The number of hydrogen-bond acceptors (Lipinski definition) is 3. The van der Waals surface area contributed by atoms with Gasteiger partial charge in [-0.2, -0.15) is 0 Å². The van der Waals surface area contributed by atoms with Gasteiger partial charge >= 0.3 is 0 Å². The van der Waals surface area contributed by atoms with Crippen LogP contribution in [0.5, 0.6) is 5.75 Å². The van der Waals surface area contributed by atoms with Crippen molar-refractivity contribution in [2.75, 3.05) is 6.54 Å². The highest BCUT2D eigenvalue weighted by Gasteiger charge is 2.24. The van der Waals surface area contributed by atoms with Crippen LogP contribution in [0, 0.1) is 5.92 Å². The molecule has 0 radical (unpaired) electrons. The highest BCUT2D eigenvalue weighted by molar-refractivity contribution is 5.17. The van der Waals surface area contributed by atoms with Gasteiger partial charge in [0.25, 0.3) is 0 Å². The van der Waals surface area contributed by atoms with Crippen LogP contribution in [0.25, 0.3) is 0 Å². The summed E-state index contributed by atoms with van der Waals surface area (Å²) < 4.78 is 0. The van der Waals surface area contributed by atoms with Gasteiger partial charge in [-0.1, -0.05) is 13.3 Å². The largest absolute Gasteiger partial charge is 0.506 e. The summed E-state index contributed by atoms with van der Waals surface area (Å²) >= 11 is 0. The Bertz CT molecular complexity index is 350. The summed E-state index contributed by atoms with van der Waals surface area (Å²) in [6, 6.07) is 4.28. The van der Waals surface area contributed by atoms with Gasteiger partial charge in [0.05, 0.1) is 11.9 Å². The Morgan fingerprint density at radius 2 is 2.24 bits per heavy atom. The van der Waals surface area contributed by atoms with E-state index in [1.807, 2.05) is 6.07 Å². The lowest BCUT2D eigenvalue weighted by atomic mass is 9.91. The summed E-state index contributed by atoms with van der Waals surface area (Å²) in [6.07, 6.45) is 5.45. The molecule has 0 saturated carbocycles. The lowest BCUT2D eigenvalue weighted by Crippen LogP contribution is -2.41. The highest BCUT2D eigenvalue weighted by Crippen LogP contribution is 2.25. The normalized spacial score (nSPS) is 26.0. The van der Waals surface area contributed by atoms with Crippen molar-refractivity contribution in [3.8, 4) is 5.75 Å². The molecule has 2 rings (SSSR count). The lowest BCUT2D eigenvalue weighted by molar-refractivity contribution is 0.107. The lowest BCUT2D eigenvalue weighted by Gasteiger charge is -2.37. The quantitative estimate of drug-likeness (QED) is 0.873. The maximum atomic E-state index is 9.22. The monoisotopic (exact) mass is 234 g/mol. The molecule has 3 heteroatoms. The molecule has 2 heterocycles. The number of rotatable bonds is 3. The van der Waals surface area contributed by atoms with Gasteiger partial charge in [-0.05, 0) is 37.8 Å². The summed E-state index contributed by atoms with van der Waals surface area (Å²) in [4.78, 5) is 6.78. The first-order valence-corrected chi connectivity index (χ1v) is 6.57. The molecule has 17 heavy (non-hydrogen) atoms. The van der Waals surface area contributed by atoms with Crippen molar-refractivity contribution in [3.05, 3.63) is 24.0 Å². The van der Waals surface area contributed by atoms with Gasteiger partial charge in [0.1, 0.15) is 5.75 Å². The number of pyridine rings is 1. The van der Waals surface area contributed by atoms with Gasteiger partial charge in [0.2, 0.25) is 0 Å². The number of aromatic hydroxyl groups is 1. The highest BCUT2D eigenvalue weighted by atomic mass is 16.3. The molecule has 0 aliphatic carbocycles. The molecule has 1 saturated heterocycles. The zero-order valence-corrected chi connectivity index (χ0v) is 10.8. The Kier molecular flexibility index (Phi) is 4.00. The molecule has 2 unspecified atom stereocenters. The minimum absolute atomic E-state index is 0.242. The number of hydrogen-bond donors (Lipinski definition) is 1. The maximum Gasteiger partial charge on any atom is 0.133 e. The molecule has 0 aromatic carbocycles. The molecule has 0 spiro atoms. The van der Waals surface area contributed by atoms with Crippen LogP contribution in [0.15, 0.2) is 18.3 Å². The van der Waals surface area contributed by atoms with Crippen LogP contribution < -0.4 is 0 Å². The van der Waals surface area contributed by atoms with Crippen LogP contribution in [-0.2, 0) is 6.54 Å². The van der Waals surface area contributed by atoms with Gasteiger partial charge in [-0.25, -0.2) is 0 Å². The van der Waals surface area contributed by atoms with Crippen LogP contribution in [0.1, 0.15) is 38.8 Å². The van der Waals surface area contributed by atoms with Crippen LogP contribution >= 0.6 is 0 Å². The van der Waals surface area contributed by atoms with Gasteiger partial charge in [-0.3, -0.25) is 9.88 Å². The molecule has 0 amide bonds. The number of nitrogens with zero attached hydrogens (tertiary/aromatic N) is 2. The molecule has 3 nitrogen and oxygen atoms in total. The third kappa shape index (κ3) is 3.19. The van der Waals surface area contributed by atoms with Crippen LogP contribution in [0.4, 0.5) is 0 Å². The second kappa shape index (κ2) is 5.50. The third-order valence-electron chi connectivity index (χ3n) is 3.86. The predicted octanol–water partition coefficient (Wildman–Crippen LogP) is 2.80. The first-order valence-electron chi connectivity index (χ1n) is 6.57. The molecular weight excluding hydrogens is 212 g/mol. The minimum Gasteiger partial charge on any atom is -0.506 e. The Hall–Kier alpha value is -1.09. The first-order chi connectivity index (χ1) is 8.19. The van der Waals surface area contributed by atoms with Gasteiger partial charge in [0, 0.05) is 19.1 Å².